The third-order valence-electron chi connectivity index (χ3n) is 10.2. The van der Waals surface area contributed by atoms with E-state index in [1.165, 1.54) is 30.6 Å². The van der Waals surface area contributed by atoms with Crippen LogP contribution in [-0.2, 0) is 14.3 Å². The van der Waals surface area contributed by atoms with Gasteiger partial charge >= 0.3 is 5.97 Å². The van der Waals surface area contributed by atoms with Gasteiger partial charge in [0.25, 0.3) is 0 Å². The van der Waals surface area contributed by atoms with E-state index in [0.29, 0.717) is 31.3 Å². The normalized spacial score (nSPS) is 42.3. The molecule has 5 rings (SSSR count). The number of pyridine rings is 1. The second-order valence-corrected chi connectivity index (χ2v) is 11.6. The Morgan fingerprint density at radius 1 is 1.27 bits per heavy atom. The second kappa shape index (κ2) is 8.67. The Morgan fingerprint density at radius 3 is 2.70 bits per heavy atom. The van der Waals surface area contributed by atoms with Crippen LogP contribution in [0.5, 0.6) is 0 Å². The lowest BCUT2D eigenvalue weighted by molar-refractivity contribution is -0.220. The van der Waals surface area contributed by atoms with Gasteiger partial charge in [-0.15, -0.1) is 0 Å². The van der Waals surface area contributed by atoms with E-state index < -0.39 is 58.4 Å². The van der Waals surface area contributed by atoms with E-state index in [-0.39, 0.29) is 23.7 Å². The van der Waals surface area contributed by atoms with E-state index in [2.05, 4.69) is 4.98 Å². The molecule has 8 heteroatoms. The summed E-state index contributed by atoms with van der Waals surface area (Å²) in [6, 6.07) is 3.10. The van der Waals surface area contributed by atoms with E-state index in [1.54, 1.807) is 26.0 Å². The van der Waals surface area contributed by atoms with E-state index in [9.17, 15) is 24.6 Å². The number of Topliss-reactive ketones (excluding diaryl/α,β-unsaturated/α-hetero) is 1. The summed E-state index contributed by atoms with van der Waals surface area (Å²) in [4.78, 5) is 42.0. The molecule has 7 nitrogen and oxygen atoms in total. The molecule has 1 aromatic rings. The van der Waals surface area contributed by atoms with Crippen molar-refractivity contribution >= 4 is 17.5 Å². The number of halogens is 1. The third kappa shape index (κ3) is 3.37. The predicted molar refractivity (Wildman–Crippen MR) is 132 cm³/mol. The second-order valence-electron chi connectivity index (χ2n) is 11.6. The number of aliphatic hydroxyl groups is 2. The number of hydrogen-bond acceptors (Lipinski definition) is 7. The number of carbonyl (C=O) groups excluding carboxylic acids is 3. The smallest absolute Gasteiger partial charge is 0.340 e. The van der Waals surface area contributed by atoms with E-state index in [0.717, 1.165) is 0 Å². The average Bonchev–Trinajstić information content (AvgIpc) is 3.11. The van der Waals surface area contributed by atoms with Crippen LogP contribution in [0.25, 0.3) is 0 Å². The van der Waals surface area contributed by atoms with Crippen LogP contribution in [0.3, 0.4) is 0 Å². The average molecular weight is 512 g/mol. The molecule has 4 aliphatic carbocycles. The first-order chi connectivity index (χ1) is 17.4. The van der Waals surface area contributed by atoms with Crippen LogP contribution in [0.15, 0.2) is 48.3 Å². The minimum Gasteiger partial charge on any atom is -0.454 e. The van der Waals surface area contributed by atoms with Gasteiger partial charge in [-0.1, -0.05) is 31.9 Å². The highest BCUT2D eigenvalue weighted by Gasteiger charge is 2.75. The van der Waals surface area contributed by atoms with Gasteiger partial charge in [0.05, 0.1) is 11.7 Å². The lowest BCUT2D eigenvalue weighted by Crippen LogP contribution is -2.69. The van der Waals surface area contributed by atoms with Crippen molar-refractivity contribution in [2.75, 3.05) is 6.61 Å². The summed E-state index contributed by atoms with van der Waals surface area (Å²) in [5.74, 6) is -3.01. The van der Waals surface area contributed by atoms with E-state index in [1.807, 2.05) is 6.92 Å². The molecule has 198 valence electrons. The van der Waals surface area contributed by atoms with Crippen LogP contribution in [0.4, 0.5) is 4.39 Å². The third-order valence-corrected chi connectivity index (χ3v) is 10.2. The van der Waals surface area contributed by atoms with Crippen molar-refractivity contribution in [2.45, 2.75) is 70.2 Å². The number of fused-ring (bicyclic) bond motifs is 5. The van der Waals surface area contributed by atoms with Crippen molar-refractivity contribution in [1.82, 2.24) is 4.98 Å². The van der Waals surface area contributed by atoms with Crippen LogP contribution >= 0.6 is 0 Å². The lowest BCUT2D eigenvalue weighted by atomic mass is 9.44. The van der Waals surface area contributed by atoms with E-state index in [4.69, 9.17) is 4.74 Å². The van der Waals surface area contributed by atoms with Crippen LogP contribution < -0.4 is 0 Å². The molecule has 3 saturated carbocycles. The zero-order valence-electron chi connectivity index (χ0n) is 21.4. The molecule has 4 aliphatic rings. The molecule has 0 radical (unpaired) electrons. The van der Waals surface area contributed by atoms with Gasteiger partial charge in [0, 0.05) is 29.1 Å². The highest BCUT2D eigenvalue weighted by Crippen LogP contribution is 2.71. The largest absolute Gasteiger partial charge is 0.454 e. The molecule has 0 aromatic carbocycles. The Kier molecular flexibility index (Phi) is 6.07. The number of alkyl halides is 1. The maximum atomic E-state index is 17.3. The monoisotopic (exact) mass is 511 g/mol. The molecule has 0 aliphatic heterocycles. The molecule has 2 N–H and O–H groups in total. The highest BCUT2D eigenvalue weighted by atomic mass is 19.1. The number of aromatic nitrogens is 1. The summed E-state index contributed by atoms with van der Waals surface area (Å²) in [6.45, 7) is 4.76. The number of aliphatic hydroxyl groups excluding tert-OH is 1. The van der Waals surface area contributed by atoms with Crippen molar-refractivity contribution in [3.63, 3.8) is 0 Å². The number of nitrogens with zero attached hydrogens (tertiary/aromatic N) is 1. The van der Waals surface area contributed by atoms with Crippen molar-refractivity contribution in [3.05, 3.63) is 53.9 Å². The summed E-state index contributed by atoms with van der Waals surface area (Å²) in [5.41, 5.74) is -5.32. The van der Waals surface area contributed by atoms with Crippen molar-refractivity contribution in [2.24, 2.45) is 28.6 Å². The predicted octanol–water partition coefficient (Wildman–Crippen LogP) is 3.55. The summed E-state index contributed by atoms with van der Waals surface area (Å²) in [6.07, 6.45) is 7.53. The Labute approximate surface area is 215 Å². The Balaban J connectivity index is 1.47. The van der Waals surface area contributed by atoms with Crippen molar-refractivity contribution in [1.29, 1.82) is 0 Å². The number of ketones is 2. The topological polar surface area (TPSA) is 114 Å². The minimum absolute atomic E-state index is 0.120. The zero-order valence-corrected chi connectivity index (χ0v) is 21.4. The number of hydrogen-bond donors (Lipinski definition) is 2. The molecule has 1 aromatic heterocycles. The SMILES string of the molecule is CC[C@@H]1C[C@H]2[C@@H]3CCC4=CC(=O)C=C[C@]4(C)[C@@]3(F)[C@@H](O)C[C@]2(C)[C@@]1(O)C(=O)COC(=O)c1cccnc1. The molecule has 0 amide bonds. The van der Waals surface area contributed by atoms with Gasteiger partial charge in [-0.2, -0.15) is 0 Å². The minimum atomic E-state index is -2.04. The fourth-order valence-corrected chi connectivity index (χ4v) is 8.19. The highest BCUT2D eigenvalue weighted by molar-refractivity contribution is 6.01. The molecular formula is C29H34FNO6. The Bertz CT molecular complexity index is 1200. The zero-order chi connectivity index (χ0) is 26.8. The van der Waals surface area contributed by atoms with E-state index >= 15 is 4.39 Å². The van der Waals surface area contributed by atoms with Crippen molar-refractivity contribution < 1.29 is 33.7 Å². The van der Waals surface area contributed by atoms with Gasteiger partial charge in [-0.25, -0.2) is 9.18 Å². The molecular weight excluding hydrogens is 477 g/mol. The molecule has 1 heterocycles. The number of carbonyl (C=O) groups is 3. The first kappa shape index (κ1) is 25.9. The molecule has 0 bridgehead atoms. The summed E-state index contributed by atoms with van der Waals surface area (Å²) in [7, 11) is 0. The van der Waals surface area contributed by atoms with Crippen molar-refractivity contribution in [3.8, 4) is 0 Å². The van der Waals surface area contributed by atoms with Crippen LogP contribution in [0, 0.1) is 28.6 Å². The number of esters is 1. The Morgan fingerprint density at radius 2 is 2.03 bits per heavy atom. The molecule has 37 heavy (non-hydrogen) atoms. The molecule has 0 spiro atoms. The summed E-state index contributed by atoms with van der Waals surface area (Å²) in [5, 5.41) is 23.6. The number of rotatable bonds is 5. The van der Waals surface area contributed by atoms with Gasteiger partial charge in [0.1, 0.15) is 5.60 Å². The quantitative estimate of drug-likeness (QED) is 0.581. The molecule has 8 atom stereocenters. The van der Waals surface area contributed by atoms with Gasteiger partial charge in [-0.3, -0.25) is 14.6 Å². The van der Waals surface area contributed by atoms with Crippen LogP contribution in [0.2, 0.25) is 0 Å². The molecule has 3 fully saturated rings. The molecule has 0 unspecified atom stereocenters. The van der Waals surface area contributed by atoms with Gasteiger partial charge in [-0.05, 0) is 68.7 Å². The van der Waals surface area contributed by atoms with Gasteiger partial charge < -0.3 is 14.9 Å². The maximum Gasteiger partial charge on any atom is 0.340 e. The summed E-state index contributed by atoms with van der Waals surface area (Å²) >= 11 is 0. The van der Waals surface area contributed by atoms with Gasteiger partial charge in [0.15, 0.2) is 18.1 Å². The maximum absolute atomic E-state index is 17.3. The standard InChI is InChI=1S/C29H34FNO6/c1-4-18-13-22-21-8-7-19-12-20(32)9-10-26(19,2)28(21,30)23(33)14-27(22,3)29(18,36)24(34)16-37-25(35)17-6-5-11-31-15-17/h5-6,9-12,15,18,21-23,33,36H,4,7-8,13-14,16H2,1-3H3/t18-,21+,22+,23+,26+,27+,28+,29+/m1/s1. The number of ether oxygens (including phenoxy) is 1. The first-order valence-corrected chi connectivity index (χ1v) is 13.1. The lowest BCUT2D eigenvalue weighted by Gasteiger charge is -2.62. The summed E-state index contributed by atoms with van der Waals surface area (Å²) < 4.78 is 22.6. The molecule has 0 saturated heterocycles. The number of allylic oxidation sites excluding steroid dienone is 4. The van der Waals surface area contributed by atoms with Crippen LogP contribution in [0.1, 0.15) is 63.2 Å². The Hall–Kier alpha value is -2.71. The van der Waals surface area contributed by atoms with Crippen LogP contribution in [-0.4, -0.2) is 56.7 Å². The fraction of sp³-hybridized carbons (Fsp3) is 0.586. The fourth-order valence-electron chi connectivity index (χ4n) is 8.19. The van der Waals surface area contributed by atoms with Gasteiger partial charge in [0.2, 0.25) is 5.78 Å². The first-order valence-electron chi connectivity index (χ1n) is 13.1.